The molecule has 1 aliphatic rings. The van der Waals surface area contributed by atoms with Crippen molar-refractivity contribution in [1.29, 1.82) is 0 Å². The molecule has 2 rings (SSSR count). The van der Waals surface area contributed by atoms with Gasteiger partial charge in [-0.1, -0.05) is 34.1 Å². The highest BCUT2D eigenvalue weighted by atomic mass is 79.9. The second-order valence-corrected chi connectivity index (χ2v) is 6.90. The molecule has 1 saturated heterocycles. The predicted octanol–water partition coefficient (Wildman–Crippen LogP) is 2.48. The van der Waals surface area contributed by atoms with Crippen LogP contribution in [0.25, 0.3) is 0 Å². The molecular formula is C12H16BrNO2S. The lowest BCUT2D eigenvalue weighted by Gasteiger charge is -2.30. The number of hydrogen-bond donors (Lipinski definition) is 0. The Morgan fingerprint density at radius 1 is 1.18 bits per heavy atom. The van der Waals surface area contributed by atoms with Crippen LogP contribution in [0.2, 0.25) is 0 Å². The van der Waals surface area contributed by atoms with Crippen LogP contribution >= 0.6 is 15.9 Å². The summed E-state index contributed by atoms with van der Waals surface area (Å²) in [5, 5.41) is 0.965. The molecule has 1 heterocycles. The van der Waals surface area contributed by atoms with Gasteiger partial charge < -0.3 is 0 Å². The predicted molar refractivity (Wildman–Crippen MR) is 71.7 cm³/mol. The molecular weight excluding hydrogens is 302 g/mol. The number of halogens is 1. The van der Waals surface area contributed by atoms with Gasteiger partial charge in [-0.25, -0.2) is 8.42 Å². The maximum absolute atomic E-state index is 12.3. The number of piperidine rings is 1. The van der Waals surface area contributed by atoms with Gasteiger partial charge in [-0.2, -0.15) is 4.31 Å². The minimum Gasteiger partial charge on any atom is -0.207 e. The van der Waals surface area contributed by atoms with Crippen molar-refractivity contribution in [2.75, 3.05) is 18.4 Å². The zero-order valence-electron chi connectivity index (χ0n) is 9.55. The lowest BCUT2D eigenvalue weighted by Crippen LogP contribution is -2.38. The Labute approximate surface area is 111 Å². The van der Waals surface area contributed by atoms with Gasteiger partial charge >= 0.3 is 0 Å². The summed E-state index contributed by atoms with van der Waals surface area (Å²) in [6.07, 6.45) is 1.88. The van der Waals surface area contributed by atoms with Crippen molar-refractivity contribution in [3.8, 4) is 0 Å². The van der Waals surface area contributed by atoms with Crippen molar-refractivity contribution < 1.29 is 8.42 Å². The number of alkyl halides is 1. The molecule has 0 radical (unpaired) electrons. The quantitative estimate of drug-likeness (QED) is 0.803. The number of sulfonamides is 1. The zero-order chi connectivity index (χ0) is 12.3. The molecule has 0 unspecified atom stereocenters. The highest BCUT2D eigenvalue weighted by molar-refractivity contribution is 9.09. The van der Waals surface area contributed by atoms with Crippen LogP contribution in [0.1, 0.15) is 12.8 Å². The van der Waals surface area contributed by atoms with Gasteiger partial charge in [-0.15, -0.1) is 0 Å². The van der Waals surface area contributed by atoms with E-state index in [4.69, 9.17) is 0 Å². The van der Waals surface area contributed by atoms with Crippen molar-refractivity contribution in [2.24, 2.45) is 5.92 Å². The van der Waals surface area contributed by atoms with E-state index in [1.807, 2.05) is 6.07 Å². The Morgan fingerprint density at radius 3 is 2.29 bits per heavy atom. The van der Waals surface area contributed by atoms with Gasteiger partial charge in [0, 0.05) is 18.4 Å². The summed E-state index contributed by atoms with van der Waals surface area (Å²) in [7, 11) is -3.28. The number of hydrogen-bond acceptors (Lipinski definition) is 2. The highest BCUT2D eigenvalue weighted by Gasteiger charge is 2.28. The molecule has 1 aromatic rings. The molecule has 0 aromatic heterocycles. The molecule has 0 aliphatic carbocycles. The summed E-state index contributed by atoms with van der Waals surface area (Å²) >= 11 is 3.46. The molecule has 1 aromatic carbocycles. The smallest absolute Gasteiger partial charge is 0.207 e. The number of benzene rings is 1. The van der Waals surface area contributed by atoms with Crippen LogP contribution in [-0.4, -0.2) is 31.1 Å². The van der Waals surface area contributed by atoms with E-state index >= 15 is 0 Å². The highest BCUT2D eigenvalue weighted by Crippen LogP contribution is 2.24. The average molecular weight is 318 g/mol. The Hall–Kier alpha value is -0.390. The van der Waals surface area contributed by atoms with Crippen molar-refractivity contribution in [3.63, 3.8) is 0 Å². The van der Waals surface area contributed by atoms with E-state index in [0.29, 0.717) is 23.9 Å². The van der Waals surface area contributed by atoms with Gasteiger partial charge in [0.25, 0.3) is 0 Å². The maximum Gasteiger partial charge on any atom is 0.243 e. The van der Waals surface area contributed by atoms with Crippen LogP contribution in [0.4, 0.5) is 0 Å². The summed E-state index contributed by atoms with van der Waals surface area (Å²) in [6.45, 7) is 1.26. The van der Waals surface area contributed by atoms with E-state index in [-0.39, 0.29) is 0 Å². The molecule has 0 atom stereocenters. The van der Waals surface area contributed by atoms with Crippen LogP contribution in [0.5, 0.6) is 0 Å². The van der Waals surface area contributed by atoms with Gasteiger partial charge in [0.1, 0.15) is 0 Å². The standard InChI is InChI=1S/C12H16BrNO2S/c13-10-11-6-8-14(9-7-11)17(15,16)12-4-2-1-3-5-12/h1-5,11H,6-10H2. The fourth-order valence-electron chi connectivity index (χ4n) is 2.05. The lowest BCUT2D eigenvalue weighted by atomic mass is 10.0. The van der Waals surface area contributed by atoms with E-state index in [1.54, 1.807) is 28.6 Å². The van der Waals surface area contributed by atoms with E-state index in [2.05, 4.69) is 15.9 Å². The summed E-state index contributed by atoms with van der Waals surface area (Å²) in [5.74, 6) is 0.609. The molecule has 17 heavy (non-hydrogen) atoms. The largest absolute Gasteiger partial charge is 0.243 e. The zero-order valence-corrected chi connectivity index (χ0v) is 12.0. The fourth-order valence-corrected chi connectivity index (χ4v) is 4.18. The van der Waals surface area contributed by atoms with Gasteiger partial charge in [-0.05, 0) is 30.9 Å². The second kappa shape index (κ2) is 5.50. The van der Waals surface area contributed by atoms with Crippen LogP contribution < -0.4 is 0 Å². The first-order valence-electron chi connectivity index (χ1n) is 5.76. The molecule has 94 valence electrons. The van der Waals surface area contributed by atoms with Crippen LogP contribution in [0.3, 0.4) is 0 Å². The minimum absolute atomic E-state index is 0.400. The molecule has 5 heteroatoms. The molecule has 1 aliphatic heterocycles. The summed E-state index contributed by atoms with van der Waals surface area (Å²) < 4.78 is 26.2. The topological polar surface area (TPSA) is 37.4 Å². The maximum atomic E-state index is 12.3. The Balaban J connectivity index is 2.13. The van der Waals surface area contributed by atoms with E-state index in [0.717, 1.165) is 18.2 Å². The summed E-state index contributed by atoms with van der Waals surface area (Å²) in [5.41, 5.74) is 0. The molecule has 0 bridgehead atoms. The molecule has 0 saturated carbocycles. The Morgan fingerprint density at radius 2 is 1.76 bits per heavy atom. The molecule has 3 nitrogen and oxygen atoms in total. The Kier molecular flexibility index (Phi) is 4.22. The van der Waals surface area contributed by atoms with E-state index < -0.39 is 10.0 Å². The molecule has 0 amide bonds. The van der Waals surface area contributed by atoms with Crippen LogP contribution in [0.15, 0.2) is 35.2 Å². The minimum atomic E-state index is -3.28. The molecule has 0 N–H and O–H groups in total. The molecule has 1 fully saturated rings. The van der Waals surface area contributed by atoms with E-state index in [1.165, 1.54) is 0 Å². The monoisotopic (exact) mass is 317 g/mol. The first-order chi connectivity index (χ1) is 8.14. The van der Waals surface area contributed by atoms with Crippen LogP contribution in [-0.2, 0) is 10.0 Å². The first-order valence-corrected chi connectivity index (χ1v) is 8.32. The van der Waals surface area contributed by atoms with Gasteiger partial charge in [0.05, 0.1) is 4.90 Å². The van der Waals surface area contributed by atoms with E-state index in [9.17, 15) is 8.42 Å². The normalized spacial score (nSPS) is 19.4. The van der Waals surface area contributed by atoms with Crippen molar-refractivity contribution in [1.82, 2.24) is 4.31 Å². The number of nitrogens with zero attached hydrogens (tertiary/aromatic N) is 1. The summed E-state index contributed by atoms with van der Waals surface area (Å²) in [4.78, 5) is 0.400. The fraction of sp³-hybridized carbons (Fsp3) is 0.500. The summed E-state index contributed by atoms with van der Waals surface area (Å²) in [6, 6.07) is 8.67. The van der Waals surface area contributed by atoms with Crippen molar-refractivity contribution in [2.45, 2.75) is 17.7 Å². The Bertz CT molecular complexity index is 453. The third-order valence-electron chi connectivity index (χ3n) is 3.17. The average Bonchev–Trinajstić information content (AvgIpc) is 2.40. The van der Waals surface area contributed by atoms with Crippen LogP contribution in [0, 0.1) is 5.92 Å². The number of rotatable bonds is 3. The lowest BCUT2D eigenvalue weighted by molar-refractivity contribution is 0.292. The van der Waals surface area contributed by atoms with Gasteiger partial charge in [0.15, 0.2) is 0 Å². The van der Waals surface area contributed by atoms with Crippen molar-refractivity contribution in [3.05, 3.63) is 30.3 Å². The third kappa shape index (κ3) is 2.89. The molecule has 0 spiro atoms. The SMILES string of the molecule is O=S(=O)(c1ccccc1)N1CCC(CBr)CC1. The van der Waals surface area contributed by atoms with Gasteiger partial charge in [-0.3, -0.25) is 0 Å². The first kappa shape index (κ1) is 13.1. The second-order valence-electron chi connectivity index (χ2n) is 4.31. The third-order valence-corrected chi connectivity index (χ3v) is 6.00. The van der Waals surface area contributed by atoms with Crippen molar-refractivity contribution >= 4 is 26.0 Å². The van der Waals surface area contributed by atoms with Gasteiger partial charge in [0.2, 0.25) is 10.0 Å².